The van der Waals surface area contributed by atoms with Crippen molar-refractivity contribution in [2.24, 2.45) is 7.05 Å². The average Bonchev–Trinajstić information content (AvgIpc) is 2.97. The molecule has 7 heteroatoms. The van der Waals surface area contributed by atoms with Gasteiger partial charge in [0.15, 0.2) is 0 Å². The summed E-state index contributed by atoms with van der Waals surface area (Å²) in [6.45, 7) is 7.80. The molecule has 2 heterocycles. The molecule has 0 saturated carbocycles. The number of likely N-dealkylation sites (tertiary alicyclic amines) is 1. The van der Waals surface area contributed by atoms with E-state index in [0.29, 0.717) is 18.7 Å². The highest BCUT2D eigenvalue weighted by Crippen LogP contribution is 2.27. The number of hydrogen-bond donors (Lipinski definition) is 0. The van der Waals surface area contributed by atoms with Crippen LogP contribution >= 0.6 is 0 Å². The summed E-state index contributed by atoms with van der Waals surface area (Å²) in [5.41, 5.74) is 0.552. The molecule has 1 unspecified atom stereocenters. The molecule has 1 fully saturated rings. The molecule has 2 aromatic rings. The molecule has 1 aliphatic heterocycles. The molecule has 0 spiro atoms. The van der Waals surface area contributed by atoms with Crippen molar-refractivity contribution >= 4 is 5.91 Å². The molecular formula is C20H28N4O3. The van der Waals surface area contributed by atoms with Gasteiger partial charge < -0.3 is 9.64 Å². The second-order valence-corrected chi connectivity index (χ2v) is 7.28. The van der Waals surface area contributed by atoms with Gasteiger partial charge in [0.05, 0.1) is 6.61 Å². The zero-order valence-electron chi connectivity index (χ0n) is 16.5. The summed E-state index contributed by atoms with van der Waals surface area (Å²) in [5.74, 6) is 1.63. The monoisotopic (exact) mass is 372 g/mol. The Bertz CT molecular complexity index is 851. The summed E-state index contributed by atoms with van der Waals surface area (Å²) in [6.07, 6.45) is 1.83. The van der Waals surface area contributed by atoms with E-state index in [0.717, 1.165) is 31.0 Å². The fraction of sp³-hybridized carbons (Fsp3) is 0.550. The van der Waals surface area contributed by atoms with Crippen molar-refractivity contribution < 1.29 is 9.53 Å². The number of hydrogen-bond acceptors (Lipinski definition) is 4. The van der Waals surface area contributed by atoms with Crippen LogP contribution in [0.25, 0.3) is 0 Å². The van der Waals surface area contributed by atoms with Crippen LogP contribution < -0.4 is 10.4 Å². The van der Waals surface area contributed by atoms with Crippen LogP contribution in [0.2, 0.25) is 0 Å². The zero-order chi connectivity index (χ0) is 19.6. The Hall–Kier alpha value is -2.57. The van der Waals surface area contributed by atoms with Gasteiger partial charge in [-0.05, 0) is 57.9 Å². The first-order valence-corrected chi connectivity index (χ1v) is 9.60. The first kappa shape index (κ1) is 19.2. The highest BCUT2D eigenvalue weighted by molar-refractivity contribution is 5.94. The minimum Gasteiger partial charge on any atom is -0.494 e. The van der Waals surface area contributed by atoms with Crippen LogP contribution in [0, 0.1) is 0 Å². The Morgan fingerprint density at radius 1 is 1.30 bits per heavy atom. The molecule has 0 N–H and O–H groups in total. The van der Waals surface area contributed by atoms with E-state index in [-0.39, 0.29) is 23.6 Å². The summed E-state index contributed by atoms with van der Waals surface area (Å²) >= 11 is 0. The summed E-state index contributed by atoms with van der Waals surface area (Å²) in [6, 6.07) is 7.31. The van der Waals surface area contributed by atoms with Crippen molar-refractivity contribution in [2.75, 3.05) is 19.7 Å². The molecule has 1 saturated heterocycles. The maximum atomic E-state index is 12.9. The van der Waals surface area contributed by atoms with Gasteiger partial charge in [-0.25, -0.2) is 9.48 Å². The predicted molar refractivity (Wildman–Crippen MR) is 103 cm³/mol. The second-order valence-electron chi connectivity index (χ2n) is 7.28. The Balaban J connectivity index is 1.79. The number of piperidine rings is 1. The number of carbonyl (C=O) groups excluding carboxylic acids is 1. The first-order valence-electron chi connectivity index (χ1n) is 9.60. The van der Waals surface area contributed by atoms with Gasteiger partial charge in [0.1, 0.15) is 11.6 Å². The number of rotatable bonds is 5. The van der Waals surface area contributed by atoms with E-state index in [4.69, 9.17) is 4.74 Å². The third-order valence-electron chi connectivity index (χ3n) is 4.98. The molecule has 0 bridgehead atoms. The van der Waals surface area contributed by atoms with E-state index >= 15 is 0 Å². The molecule has 1 aromatic heterocycles. The number of aromatic nitrogens is 3. The number of nitrogens with zero attached hydrogens (tertiary/aromatic N) is 4. The Labute approximate surface area is 159 Å². The molecule has 1 amide bonds. The zero-order valence-corrected chi connectivity index (χ0v) is 16.5. The number of ether oxygens (including phenoxy) is 1. The fourth-order valence-corrected chi connectivity index (χ4v) is 3.68. The number of carbonyl (C=O) groups is 1. The van der Waals surface area contributed by atoms with Gasteiger partial charge in [-0.1, -0.05) is 0 Å². The lowest BCUT2D eigenvalue weighted by Gasteiger charge is -2.32. The molecule has 3 rings (SSSR count). The lowest BCUT2D eigenvalue weighted by atomic mass is 9.96. The quantitative estimate of drug-likeness (QED) is 0.809. The topological polar surface area (TPSA) is 69.4 Å². The van der Waals surface area contributed by atoms with Crippen molar-refractivity contribution in [3.05, 3.63) is 46.1 Å². The van der Waals surface area contributed by atoms with E-state index < -0.39 is 0 Å². The van der Waals surface area contributed by atoms with Crippen LogP contribution in [0.3, 0.4) is 0 Å². The molecule has 146 valence electrons. The van der Waals surface area contributed by atoms with Gasteiger partial charge in [-0.2, -0.15) is 5.10 Å². The molecule has 1 aliphatic rings. The Morgan fingerprint density at radius 2 is 2.00 bits per heavy atom. The standard InChI is InChI=1S/C20H28N4O3/c1-5-27-17-10-8-15(9-11-17)19(25)23-12-6-7-16(13-23)18-21-22(4)20(26)24(18)14(2)3/h8-11,14,16H,5-7,12-13H2,1-4H3. The van der Waals surface area contributed by atoms with Gasteiger partial charge in [0.25, 0.3) is 5.91 Å². The number of amides is 1. The molecule has 7 nitrogen and oxygen atoms in total. The van der Waals surface area contributed by atoms with E-state index in [1.54, 1.807) is 11.6 Å². The summed E-state index contributed by atoms with van der Waals surface area (Å²) in [4.78, 5) is 27.2. The van der Waals surface area contributed by atoms with Crippen LogP contribution in [0.4, 0.5) is 0 Å². The van der Waals surface area contributed by atoms with Crippen molar-refractivity contribution in [3.8, 4) is 5.75 Å². The molecular weight excluding hydrogens is 344 g/mol. The second kappa shape index (κ2) is 7.98. The van der Waals surface area contributed by atoms with E-state index in [9.17, 15) is 9.59 Å². The van der Waals surface area contributed by atoms with Crippen LogP contribution in [-0.4, -0.2) is 44.9 Å². The van der Waals surface area contributed by atoms with Crippen molar-refractivity contribution in [1.82, 2.24) is 19.2 Å². The van der Waals surface area contributed by atoms with E-state index in [1.807, 2.05) is 49.9 Å². The Morgan fingerprint density at radius 3 is 2.63 bits per heavy atom. The smallest absolute Gasteiger partial charge is 0.345 e. The van der Waals surface area contributed by atoms with Gasteiger partial charge in [-0.15, -0.1) is 0 Å². The largest absolute Gasteiger partial charge is 0.494 e. The minimum atomic E-state index is -0.102. The SMILES string of the molecule is CCOc1ccc(C(=O)N2CCCC(c3nn(C)c(=O)n3C(C)C)C2)cc1. The highest BCUT2D eigenvalue weighted by atomic mass is 16.5. The predicted octanol–water partition coefficient (Wildman–Crippen LogP) is 2.58. The first-order chi connectivity index (χ1) is 12.9. The third-order valence-corrected chi connectivity index (χ3v) is 4.98. The molecule has 1 aromatic carbocycles. The highest BCUT2D eigenvalue weighted by Gasteiger charge is 2.30. The van der Waals surface area contributed by atoms with Crippen LogP contribution in [-0.2, 0) is 7.05 Å². The number of benzene rings is 1. The van der Waals surface area contributed by atoms with Crippen LogP contribution in [0.5, 0.6) is 5.75 Å². The summed E-state index contributed by atoms with van der Waals surface area (Å²) in [7, 11) is 1.68. The van der Waals surface area contributed by atoms with Crippen molar-refractivity contribution in [2.45, 2.75) is 45.6 Å². The maximum Gasteiger partial charge on any atom is 0.345 e. The fourth-order valence-electron chi connectivity index (χ4n) is 3.68. The third kappa shape index (κ3) is 3.91. The van der Waals surface area contributed by atoms with Gasteiger partial charge in [0.2, 0.25) is 0 Å². The van der Waals surface area contributed by atoms with Gasteiger partial charge >= 0.3 is 5.69 Å². The minimum absolute atomic E-state index is 0.0112. The molecule has 27 heavy (non-hydrogen) atoms. The van der Waals surface area contributed by atoms with Crippen LogP contribution in [0.15, 0.2) is 29.1 Å². The van der Waals surface area contributed by atoms with E-state index in [1.165, 1.54) is 4.68 Å². The lowest BCUT2D eigenvalue weighted by Crippen LogP contribution is -2.40. The van der Waals surface area contributed by atoms with Gasteiger partial charge in [-0.3, -0.25) is 9.36 Å². The van der Waals surface area contributed by atoms with Crippen molar-refractivity contribution in [3.63, 3.8) is 0 Å². The number of aryl methyl sites for hydroxylation is 1. The molecule has 0 radical (unpaired) electrons. The Kier molecular flexibility index (Phi) is 5.68. The molecule has 1 atom stereocenters. The maximum absolute atomic E-state index is 12.9. The summed E-state index contributed by atoms with van der Waals surface area (Å²) in [5, 5.41) is 4.47. The lowest BCUT2D eigenvalue weighted by molar-refractivity contribution is 0.0702. The molecule has 0 aliphatic carbocycles. The van der Waals surface area contributed by atoms with Crippen molar-refractivity contribution in [1.29, 1.82) is 0 Å². The average molecular weight is 372 g/mol. The summed E-state index contributed by atoms with van der Waals surface area (Å²) < 4.78 is 8.58. The normalized spacial score (nSPS) is 17.4. The van der Waals surface area contributed by atoms with E-state index in [2.05, 4.69) is 5.10 Å². The van der Waals surface area contributed by atoms with Crippen LogP contribution in [0.1, 0.15) is 61.8 Å². The van der Waals surface area contributed by atoms with Gasteiger partial charge in [0, 0.05) is 37.7 Å².